The molecule has 2 aliphatic carbocycles. The van der Waals surface area contributed by atoms with Crippen molar-refractivity contribution in [2.45, 2.75) is 32.1 Å². The van der Waals surface area contributed by atoms with E-state index in [0.717, 1.165) is 55.2 Å². The monoisotopic (exact) mass is 463 g/mol. The molecule has 1 aromatic heterocycles. The van der Waals surface area contributed by atoms with E-state index in [2.05, 4.69) is 15.1 Å². The van der Waals surface area contributed by atoms with Crippen LogP contribution in [-0.4, -0.2) is 78.2 Å². The van der Waals surface area contributed by atoms with Gasteiger partial charge in [-0.25, -0.2) is 0 Å². The summed E-state index contributed by atoms with van der Waals surface area (Å²) >= 11 is 0. The summed E-state index contributed by atoms with van der Waals surface area (Å²) in [6.07, 6.45) is 5.18. The number of nitrogens with zero attached hydrogens (tertiary/aromatic N) is 5. The van der Waals surface area contributed by atoms with Crippen LogP contribution in [0, 0.1) is 11.8 Å². The summed E-state index contributed by atoms with van der Waals surface area (Å²) in [4.78, 5) is 31.7. The van der Waals surface area contributed by atoms with Crippen LogP contribution in [0.2, 0.25) is 0 Å². The van der Waals surface area contributed by atoms with Gasteiger partial charge in [0.05, 0.1) is 19.3 Å². The fourth-order valence-electron chi connectivity index (χ4n) is 4.50. The largest absolute Gasteiger partial charge is 0.497 e. The number of aromatic nitrogens is 2. The minimum Gasteiger partial charge on any atom is -0.497 e. The van der Waals surface area contributed by atoms with E-state index >= 15 is 0 Å². The molecular formula is C26H33N5O3. The Balaban J connectivity index is 1.17. The number of ether oxygens (including phenoxy) is 1. The van der Waals surface area contributed by atoms with Crippen molar-refractivity contribution in [1.29, 1.82) is 0 Å². The van der Waals surface area contributed by atoms with Gasteiger partial charge in [-0.2, -0.15) is 0 Å². The molecule has 2 amide bonds. The number of benzene rings is 1. The quantitative estimate of drug-likeness (QED) is 0.599. The van der Waals surface area contributed by atoms with E-state index in [9.17, 15) is 9.59 Å². The van der Waals surface area contributed by atoms with Crippen LogP contribution in [0.25, 0.3) is 11.3 Å². The molecule has 34 heavy (non-hydrogen) atoms. The van der Waals surface area contributed by atoms with Crippen molar-refractivity contribution in [3.63, 3.8) is 0 Å². The van der Waals surface area contributed by atoms with Crippen molar-refractivity contribution in [3.8, 4) is 17.0 Å². The molecule has 8 nitrogen and oxygen atoms in total. The summed E-state index contributed by atoms with van der Waals surface area (Å²) in [5.41, 5.74) is 1.80. The molecular weight excluding hydrogens is 430 g/mol. The molecule has 0 radical (unpaired) electrons. The molecule has 3 aliphatic rings. The third-order valence-electron chi connectivity index (χ3n) is 6.95. The topological polar surface area (TPSA) is 78.9 Å². The SMILES string of the molecule is COc1ccc(-c2ccc(N3CCCN(C(=O)CN(CC4CC4)C(=O)C4CC4)CC3)nn2)cc1. The van der Waals surface area contributed by atoms with Gasteiger partial charge in [-0.1, -0.05) is 0 Å². The van der Waals surface area contributed by atoms with E-state index in [-0.39, 0.29) is 24.3 Å². The molecule has 8 heteroatoms. The van der Waals surface area contributed by atoms with Gasteiger partial charge in [-0.15, -0.1) is 10.2 Å². The lowest BCUT2D eigenvalue weighted by Gasteiger charge is -2.27. The lowest BCUT2D eigenvalue weighted by atomic mass is 10.1. The van der Waals surface area contributed by atoms with E-state index in [0.29, 0.717) is 25.6 Å². The predicted octanol–water partition coefficient (Wildman–Crippen LogP) is 2.84. The molecule has 2 heterocycles. The normalized spacial score (nSPS) is 18.4. The lowest BCUT2D eigenvalue weighted by molar-refractivity contribution is -0.141. The second kappa shape index (κ2) is 9.99. The minimum atomic E-state index is 0.0671. The Labute approximate surface area is 200 Å². The van der Waals surface area contributed by atoms with Gasteiger partial charge in [-0.3, -0.25) is 9.59 Å². The van der Waals surface area contributed by atoms with Crippen LogP contribution >= 0.6 is 0 Å². The van der Waals surface area contributed by atoms with Gasteiger partial charge in [0.1, 0.15) is 5.75 Å². The molecule has 2 aromatic rings. The highest BCUT2D eigenvalue weighted by atomic mass is 16.5. The molecule has 0 atom stereocenters. The van der Waals surface area contributed by atoms with Crippen molar-refractivity contribution in [2.24, 2.45) is 11.8 Å². The van der Waals surface area contributed by atoms with Crippen LogP contribution in [0.1, 0.15) is 32.1 Å². The van der Waals surface area contributed by atoms with Gasteiger partial charge in [0.2, 0.25) is 11.8 Å². The zero-order chi connectivity index (χ0) is 23.5. The van der Waals surface area contributed by atoms with E-state index in [1.54, 1.807) is 7.11 Å². The van der Waals surface area contributed by atoms with Crippen molar-refractivity contribution in [3.05, 3.63) is 36.4 Å². The molecule has 180 valence electrons. The maximum absolute atomic E-state index is 13.1. The number of anilines is 1. The van der Waals surface area contributed by atoms with Gasteiger partial charge in [0.25, 0.3) is 0 Å². The molecule has 1 aromatic carbocycles. The minimum absolute atomic E-state index is 0.0671. The maximum atomic E-state index is 13.1. The summed E-state index contributed by atoms with van der Waals surface area (Å²) < 4.78 is 5.22. The number of carbonyl (C=O) groups excluding carboxylic acids is 2. The first-order valence-corrected chi connectivity index (χ1v) is 12.4. The van der Waals surface area contributed by atoms with E-state index in [1.165, 1.54) is 12.8 Å². The fourth-order valence-corrected chi connectivity index (χ4v) is 4.50. The Hall–Kier alpha value is -3.16. The van der Waals surface area contributed by atoms with E-state index in [1.807, 2.05) is 46.2 Å². The Morgan fingerprint density at radius 3 is 2.41 bits per heavy atom. The zero-order valence-electron chi connectivity index (χ0n) is 19.9. The van der Waals surface area contributed by atoms with Gasteiger partial charge < -0.3 is 19.4 Å². The summed E-state index contributed by atoms with van der Waals surface area (Å²) in [5, 5.41) is 8.88. The summed E-state index contributed by atoms with van der Waals surface area (Å²) in [6.45, 7) is 3.85. The summed E-state index contributed by atoms with van der Waals surface area (Å²) in [6, 6.07) is 11.7. The highest BCUT2D eigenvalue weighted by molar-refractivity contribution is 5.87. The Kier molecular flexibility index (Phi) is 6.65. The van der Waals surface area contributed by atoms with E-state index in [4.69, 9.17) is 4.74 Å². The smallest absolute Gasteiger partial charge is 0.242 e. The van der Waals surface area contributed by atoms with Crippen molar-refractivity contribution in [1.82, 2.24) is 20.0 Å². The fraction of sp³-hybridized carbons (Fsp3) is 0.538. The first-order valence-electron chi connectivity index (χ1n) is 12.4. The van der Waals surface area contributed by atoms with Crippen LogP contribution in [-0.2, 0) is 9.59 Å². The van der Waals surface area contributed by atoms with Gasteiger partial charge in [-0.05, 0) is 74.4 Å². The number of methoxy groups -OCH3 is 1. The zero-order valence-corrected chi connectivity index (χ0v) is 19.9. The number of carbonyl (C=O) groups is 2. The Morgan fingerprint density at radius 2 is 1.76 bits per heavy atom. The van der Waals surface area contributed by atoms with Crippen molar-refractivity contribution < 1.29 is 14.3 Å². The number of rotatable bonds is 8. The molecule has 1 saturated heterocycles. The molecule has 0 spiro atoms. The van der Waals surface area contributed by atoms with Crippen molar-refractivity contribution >= 4 is 17.6 Å². The molecule has 0 bridgehead atoms. The Morgan fingerprint density at radius 1 is 0.971 bits per heavy atom. The van der Waals surface area contributed by atoms with Crippen LogP contribution in [0.15, 0.2) is 36.4 Å². The number of hydrogen-bond donors (Lipinski definition) is 0. The van der Waals surface area contributed by atoms with Crippen molar-refractivity contribution in [2.75, 3.05) is 51.3 Å². The summed E-state index contributed by atoms with van der Waals surface area (Å²) in [5.74, 6) is 2.64. The third-order valence-corrected chi connectivity index (χ3v) is 6.95. The lowest BCUT2D eigenvalue weighted by Crippen LogP contribution is -2.45. The van der Waals surface area contributed by atoms with Gasteiger partial charge in [0.15, 0.2) is 5.82 Å². The van der Waals surface area contributed by atoms with Gasteiger partial charge in [0, 0.05) is 44.2 Å². The van der Waals surface area contributed by atoms with Crippen LogP contribution in [0.5, 0.6) is 5.75 Å². The average Bonchev–Trinajstić information content (AvgIpc) is 3.77. The number of amides is 2. The summed E-state index contributed by atoms with van der Waals surface area (Å²) in [7, 11) is 1.65. The van der Waals surface area contributed by atoms with Crippen LogP contribution in [0.3, 0.4) is 0 Å². The standard InChI is InChI=1S/C26H33N5O3/c1-34-22-9-7-20(8-10-22)23-11-12-24(28-27-23)29-13-2-14-30(16-15-29)25(32)18-31(17-19-3-4-19)26(33)21-5-6-21/h7-12,19,21H,2-6,13-18H2,1H3. The average molecular weight is 464 g/mol. The number of hydrogen-bond acceptors (Lipinski definition) is 6. The molecule has 3 fully saturated rings. The maximum Gasteiger partial charge on any atom is 0.242 e. The first-order chi connectivity index (χ1) is 16.6. The van der Waals surface area contributed by atoms with Crippen LogP contribution in [0.4, 0.5) is 5.82 Å². The second-order valence-electron chi connectivity index (χ2n) is 9.66. The molecule has 0 N–H and O–H groups in total. The Bertz CT molecular complexity index is 1000. The van der Waals surface area contributed by atoms with E-state index < -0.39 is 0 Å². The predicted molar refractivity (Wildman–Crippen MR) is 129 cm³/mol. The van der Waals surface area contributed by atoms with Gasteiger partial charge >= 0.3 is 0 Å². The molecule has 1 aliphatic heterocycles. The molecule has 5 rings (SSSR count). The highest BCUT2D eigenvalue weighted by Gasteiger charge is 2.37. The highest BCUT2D eigenvalue weighted by Crippen LogP contribution is 2.34. The molecule has 2 saturated carbocycles. The third kappa shape index (κ3) is 5.48. The first kappa shape index (κ1) is 22.6. The van der Waals surface area contributed by atoms with Crippen LogP contribution < -0.4 is 9.64 Å². The second-order valence-corrected chi connectivity index (χ2v) is 9.66. The molecule has 0 unspecified atom stereocenters.